The first-order valence-corrected chi connectivity index (χ1v) is 5.66. The lowest BCUT2D eigenvalue weighted by atomic mass is 10.2. The molecule has 1 N–H and O–H groups in total. The van der Waals surface area contributed by atoms with E-state index in [9.17, 15) is 9.90 Å². The number of carbonyl (C=O) groups is 1. The second-order valence-electron chi connectivity index (χ2n) is 4.07. The average molecular weight is 291 g/mol. The van der Waals surface area contributed by atoms with Gasteiger partial charge in [0.2, 0.25) is 0 Å². The zero-order valence-corrected chi connectivity index (χ0v) is 11.3. The van der Waals surface area contributed by atoms with Crippen LogP contribution in [0.5, 0.6) is 0 Å². The van der Waals surface area contributed by atoms with E-state index in [4.69, 9.17) is 0 Å². The van der Waals surface area contributed by atoms with Gasteiger partial charge in [0.05, 0.1) is 11.4 Å². The van der Waals surface area contributed by atoms with Gasteiger partial charge in [-0.3, -0.25) is 4.98 Å². The molecule has 0 aliphatic carbocycles. The van der Waals surface area contributed by atoms with E-state index < -0.39 is 5.97 Å². The first-order chi connectivity index (χ1) is 9.18. The van der Waals surface area contributed by atoms with E-state index in [1.54, 1.807) is 31.6 Å². The van der Waals surface area contributed by atoms with Crippen LogP contribution in [0.25, 0.3) is 16.9 Å². The molecule has 7 heteroatoms. The van der Waals surface area contributed by atoms with Gasteiger partial charge in [-0.1, -0.05) is 0 Å². The van der Waals surface area contributed by atoms with Gasteiger partial charge < -0.3 is 5.11 Å². The summed E-state index contributed by atoms with van der Waals surface area (Å²) in [6.07, 6.45) is 4.95. The lowest BCUT2D eigenvalue weighted by molar-refractivity contribution is 0.0698. The molecule has 0 spiro atoms. The molecule has 3 aromatic rings. The van der Waals surface area contributed by atoms with Crippen LogP contribution in [0, 0.1) is 6.92 Å². The molecule has 3 rings (SSSR count). The standard InChI is InChI=1S/C13H10N4O2.ClH/c1-8-11(13(18)19)12-15-6-4-10(17(12)16-8)9-3-2-5-14-7-9;/h2-7H,1H3,(H,18,19);1H. The number of hydrogen-bond donors (Lipinski definition) is 1. The molecule has 3 heterocycles. The van der Waals surface area contributed by atoms with Crippen molar-refractivity contribution < 1.29 is 9.90 Å². The van der Waals surface area contributed by atoms with E-state index in [-0.39, 0.29) is 18.0 Å². The summed E-state index contributed by atoms with van der Waals surface area (Å²) in [7, 11) is 0. The summed E-state index contributed by atoms with van der Waals surface area (Å²) in [5.74, 6) is -1.02. The highest BCUT2D eigenvalue weighted by Crippen LogP contribution is 2.21. The normalized spacial score (nSPS) is 10.2. The second-order valence-corrected chi connectivity index (χ2v) is 4.07. The van der Waals surface area contributed by atoms with Crippen molar-refractivity contribution in [3.05, 3.63) is 48.0 Å². The molecular weight excluding hydrogens is 280 g/mol. The van der Waals surface area contributed by atoms with Crippen LogP contribution < -0.4 is 0 Å². The van der Waals surface area contributed by atoms with Crippen LogP contribution in [0.2, 0.25) is 0 Å². The monoisotopic (exact) mass is 290 g/mol. The minimum absolute atomic E-state index is 0. The zero-order valence-electron chi connectivity index (χ0n) is 10.5. The Morgan fingerprint density at radius 2 is 2.10 bits per heavy atom. The summed E-state index contributed by atoms with van der Waals surface area (Å²) in [4.78, 5) is 19.4. The van der Waals surface area contributed by atoms with E-state index in [2.05, 4.69) is 15.1 Å². The van der Waals surface area contributed by atoms with Crippen LogP contribution in [-0.4, -0.2) is 30.7 Å². The third-order valence-corrected chi connectivity index (χ3v) is 2.86. The molecule has 0 aliphatic heterocycles. The van der Waals surface area contributed by atoms with E-state index in [1.807, 2.05) is 12.1 Å². The van der Waals surface area contributed by atoms with E-state index >= 15 is 0 Å². The lowest BCUT2D eigenvalue weighted by Gasteiger charge is -2.03. The summed E-state index contributed by atoms with van der Waals surface area (Å²) in [5, 5.41) is 13.5. The molecule has 0 saturated carbocycles. The minimum Gasteiger partial charge on any atom is -0.477 e. The van der Waals surface area contributed by atoms with Gasteiger partial charge in [-0.25, -0.2) is 14.3 Å². The van der Waals surface area contributed by atoms with E-state index in [0.717, 1.165) is 11.3 Å². The van der Waals surface area contributed by atoms with Gasteiger partial charge in [0.25, 0.3) is 0 Å². The molecule has 0 amide bonds. The van der Waals surface area contributed by atoms with E-state index in [1.165, 1.54) is 4.52 Å². The van der Waals surface area contributed by atoms with Gasteiger partial charge in [-0.05, 0) is 25.1 Å². The van der Waals surface area contributed by atoms with Gasteiger partial charge in [-0.2, -0.15) is 5.10 Å². The number of halogens is 1. The van der Waals surface area contributed by atoms with Crippen LogP contribution in [0.3, 0.4) is 0 Å². The molecule has 0 aromatic carbocycles. The Balaban J connectivity index is 0.00000147. The summed E-state index contributed by atoms with van der Waals surface area (Å²) in [6, 6.07) is 5.48. The summed E-state index contributed by atoms with van der Waals surface area (Å²) in [6.45, 7) is 1.66. The Morgan fingerprint density at radius 3 is 2.75 bits per heavy atom. The highest BCUT2D eigenvalue weighted by molar-refractivity contribution is 5.96. The molecule has 0 bridgehead atoms. The highest BCUT2D eigenvalue weighted by Gasteiger charge is 2.19. The zero-order chi connectivity index (χ0) is 13.4. The number of fused-ring (bicyclic) bond motifs is 1. The fourth-order valence-corrected chi connectivity index (χ4v) is 2.03. The van der Waals surface area contributed by atoms with Crippen molar-refractivity contribution in [1.82, 2.24) is 19.6 Å². The lowest BCUT2D eigenvalue weighted by Crippen LogP contribution is -2.00. The molecule has 102 valence electrons. The van der Waals surface area contributed by atoms with Crippen LogP contribution in [-0.2, 0) is 0 Å². The Morgan fingerprint density at radius 1 is 1.30 bits per heavy atom. The average Bonchev–Trinajstić information content (AvgIpc) is 2.75. The van der Waals surface area contributed by atoms with Crippen molar-refractivity contribution in [3.8, 4) is 11.3 Å². The maximum atomic E-state index is 11.2. The molecule has 0 fully saturated rings. The largest absolute Gasteiger partial charge is 0.477 e. The topological polar surface area (TPSA) is 80.4 Å². The summed E-state index contributed by atoms with van der Waals surface area (Å²) >= 11 is 0. The molecule has 0 radical (unpaired) electrons. The van der Waals surface area contributed by atoms with Crippen molar-refractivity contribution in [2.24, 2.45) is 0 Å². The molecule has 0 aliphatic rings. The highest BCUT2D eigenvalue weighted by atomic mass is 35.5. The molecule has 0 saturated heterocycles. The fourth-order valence-electron chi connectivity index (χ4n) is 2.03. The van der Waals surface area contributed by atoms with E-state index in [0.29, 0.717) is 11.3 Å². The van der Waals surface area contributed by atoms with Crippen molar-refractivity contribution in [2.75, 3.05) is 0 Å². The first kappa shape index (κ1) is 14.0. The van der Waals surface area contributed by atoms with Gasteiger partial charge >= 0.3 is 5.97 Å². The number of nitrogens with zero attached hydrogens (tertiary/aromatic N) is 4. The SMILES string of the molecule is Cc1nn2c(-c3cccnc3)ccnc2c1C(=O)O.Cl. The quantitative estimate of drug-likeness (QED) is 0.783. The third-order valence-electron chi connectivity index (χ3n) is 2.86. The maximum Gasteiger partial charge on any atom is 0.341 e. The molecular formula is C13H11ClN4O2. The number of pyridine rings is 1. The van der Waals surface area contributed by atoms with Gasteiger partial charge in [0.15, 0.2) is 5.65 Å². The predicted octanol–water partition coefficient (Wildman–Crippen LogP) is 2.22. The molecule has 20 heavy (non-hydrogen) atoms. The Kier molecular flexibility index (Phi) is 3.67. The number of hydrogen-bond acceptors (Lipinski definition) is 4. The number of aryl methyl sites for hydroxylation is 1. The van der Waals surface area contributed by atoms with Crippen molar-refractivity contribution in [2.45, 2.75) is 6.92 Å². The Hall–Kier alpha value is -2.47. The number of rotatable bonds is 2. The Labute approximate surface area is 120 Å². The van der Waals surface area contributed by atoms with Crippen LogP contribution in [0.15, 0.2) is 36.8 Å². The second kappa shape index (κ2) is 5.26. The van der Waals surface area contributed by atoms with Gasteiger partial charge in [0, 0.05) is 24.2 Å². The van der Waals surface area contributed by atoms with Crippen molar-refractivity contribution in [1.29, 1.82) is 0 Å². The molecule has 6 nitrogen and oxygen atoms in total. The van der Waals surface area contributed by atoms with Gasteiger partial charge in [0.1, 0.15) is 5.56 Å². The number of carboxylic acids is 1. The molecule has 3 aromatic heterocycles. The first-order valence-electron chi connectivity index (χ1n) is 5.66. The minimum atomic E-state index is -1.02. The number of aromatic carboxylic acids is 1. The maximum absolute atomic E-state index is 11.2. The van der Waals surface area contributed by atoms with Gasteiger partial charge in [-0.15, -0.1) is 12.4 Å². The predicted molar refractivity (Wildman–Crippen MR) is 75.2 cm³/mol. The fraction of sp³-hybridized carbons (Fsp3) is 0.0769. The van der Waals surface area contributed by atoms with Crippen LogP contribution in [0.1, 0.15) is 16.1 Å². The number of aromatic nitrogens is 4. The summed E-state index contributed by atoms with van der Waals surface area (Å²) in [5.41, 5.74) is 2.52. The molecule has 0 unspecified atom stereocenters. The number of carboxylic acid groups (broad SMARTS) is 1. The third kappa shape index (κ3) is 2.10. The van der Waals surface area contributed by atoms with Crippen molar-refractivity contribution in [3.63, 3.8) is 0 Å². The molecule has 0 atom stereocenters. The van der Waals surface area contributed by atoms with Crippen LogP contribution >= 0.6 is 12.4 Å². The Bertz CT molecular complexity index is 771. The van der Waals surface area contributed by atoms with Crippen LogP contribution in [0.4, 0.5) is 0 Å². The smallest absolute Gasteiger partial charge is 0.341 e. The van der Waals surface area contributed by atoms with Crippen molar-refractivity contribution >= 4 is 24.0 Å². The summed E-state index contributed by atoms with van der Waals surface area (Å²) < 4.78 is 1.54.